The van der Waals surface area contributed by atoms with Crippen molar-refractivity contribution in [3.63, 3.8) is 0 Å². The maximum atomic E-state index is 12.4. The molecule has 0 aliphatic carbocycles. The van der Waals surface area contributed by atoms with Crippen LogP contribution in [0.15, 0.2) is 47.8 Å². The number of ether oxygens (including phenoxy) is 2. The number of hydrogen-bond donors (Lipinski definition) is 0. The molecule has 3 aromatic rings. The fraction of sp³-hybridized carbons (Fsp3) is 0.200. The number of anilines is 1. The van der Waals surface area contributed by atoms with Gasteiger partial charge in [-0.25, -0.2) is 4.98 Å². The summed E-state index contributed by atoms with van der Waals surface area (Å²) in [5.74, 6) is 1.32. The van der Waals surface area contributed by atoms with Gasteiger partial charge >= 0.3 is 0 Å². The number of amides is 1. The molecule has 1 aliphatic rings. The minimum Gasteiger partial charge on any atom is -0.492 e. The lowest BCUT2D eigenvalue weighted by molar-refractivity contribution is -0.121. The zero-order chi connectivity index (χ0) is 18.8. The van der Waals surface area contributed by atoms with E-state index in [1.807, 2.05) is 30.5 Å². The standard InChI is InChI=1S/C20H17ClN2O3S/c1-13-22-17(12-27-13)14-2-7-19-18(10-14)23(20(24)11-26-19)8-9-25-16-5-3-15(21)4-6-16/h2-7,10,12H,8-9,11H2,1H3. The van der Waals surface area contributed by atoms with Crippen molar-refractivity contribution < 1.29 is 14.3 Å². The van der Waals surface area contributed by atoms with Gasteiger partial charge in [0.15, 0.2) is 6.61 Å². The number of aryl methyl sites for hydroxylation is 1. The highest BCUT2D eigenvalue weighted by molar-refractivity contribution is 7.09. The van der Waals surface area contributed by atoms with Crippen LogP contribution >= 0.6 is 22.9 Å². The van der Waals surface area contributed by atoms with Crippen LogP contribution in [0.25, 0.3) is 11.3 Å². The van der Waals surface area contributed by atoms with Gasteiger partial charge in [-0.2, -0.15) is 0 Å². The second-order valence-electron chi connectivity index (χ2n) is 6.07. The number of rotatable bonds is 5. The summed E-state index contributed by atoms with van der Waals surface area (Å²) in [7, 11) is 0. The van der Waals surface area contributed by atoms with E-state index < -0.39 is 0 Å². The number of benzene rings is 2. The molecule has 1 aromatic heterocycles. The van der Waals surface area contributed by atoms with E-state index in [2.05, 4.69) is 4.98 Å². The van der Waals surface area contributed by atoms with Crippen LogP contribution in [0.5, 0.6) is 11.5 Å². The lowest BCUT2D eigenvalue weighted by Crippen LogP contribution is -2.41. The molecular weight excluding hydrogens is 384 g/mol. The molecule has 0 radical (unpaired) electrons. The first kappa shape index (κ1) is 17.8. The van der Waals surface area contributed by atoms with Crippen molar-refractivity contribution in [2.75, 3.05) is 24.7 Å². The molecule has 7 heteroatoms. The minimum absolute atomic E-state index is 0.0309. The number of carbonyl (C=O) groups is 1. The van der Waals surface area contributed by atoms with Crippen molar-refractivity contribution in [1.82, 2.24) is 4.98 Å². The Kier molecular flexibility index (Phi) is 5.01. The van der Waals surface area contributed by atoms with Crippen LogP contribution in [-0.2, 0) is 4.79 Å². The monoisotopic (exact) mass is 400 g/mol. The number of hydrogen-bond acceptors (Lipinski definition) is 5. The van der Waals surface area contributed by atoms with E-state index in [1.54, 1.807) is 40.5 Å². The number of carbonyl (C=O) groups excluding carboxylic acids is 1. The van der Waals surface area contributed by atoms with Crippen molar-refractivity contribution in [2.45, 2.75) is 6.92 Å². The molecule has 1 aliphatic heterocycles. The van der Waals surface area contributed by atoms with Gasteiger partial charge in [0.2, 0.25) is 0 Å². The van der Waals surface area contributed by atoms with E-state index in [9.17, 15) is 4.79 Å². The van der Waals surface area contributed by atoms with Gasteiger partial charge in [-0.3, -0.25) is 4.79 Å². The van der Waals surface area contributed by atoms with E-state index in [0.717, 1.165) is 22.0 Å². The first-order valence-electron chi connectivity index (χ1n) is 8.48. The zero-order valence-electron chi connectivity index (χ0n) is 14.6. The molecule has 0 N–H and O–H groups in total. The molecule has 2 aromatic carbocycles. The predicted octanol–water partition coefficient (Wildman–Crippen LogP) is 4.58. The number of halogens is 1. The molecule has 0 saturated carbocycles. The molecule has 0 fully saturated rings. The first-order valence-corrected chi connectivity index (χ1v) is 9.74. The van der Waals surface area contributed by atoms with E-state index >= 15 is 0 Å². The van der Waals surface area contributed by atoms with Crippen molar-refractivity contribution in [1.29, 1.82) is 0 Å². The molecular formula is C20H17ClN2O3S. The largest absolute Gasteiger partial charge is 0.492 e. The SMILES string of the molecule is Cc1nc(-c2ccc3c(c2)N(CCOc2ccc(Cl)cc2)C(=O)CO3)cs1. The highest BCUT2D eigenvalue weighted by Gasteiger charge is 2.26. The summed E-state index contributed by atoms with van der Waals surface area (Å²) in [6, 6.07) is 13.0. The van der Waals surface area contributed by atoms with Crippen LogP contribution < -0.4 is 14.4 Å². The quantitative estimate of drug-likeness (QED) is 0.629. The molecule has 0 atom stereocenters. The van der Waals surface area contributed by atoms with Crippen LogP contribution in [0.3, 0.4) is 0 Å². The maximum Gasteiger partial charge on any atom is 0.265 e. The Bertz CT molecular complexity index is 972. The van der Waals surface area contributed by atoms with Crippen LogP contribution in [0, 0.1) is 6.92 Å². The zero-order valence-corrected chi connectivity index (χ0v) is 16.2. The van der Waals surface area contributed by atoms with E-state index in [0.29, 0.717) is 29.7 Å². The van der Waals surface area contributed by atoms with Crippen LogP contribution in [0.2, 0.25) is 5.02 Å². The number of fused-ring (bicyclic) bond motifs is 1. The number of thiazole rings is 1. The van der Waals surface area contributed by atoms with Crippen LogP contribution in [0.1, 0.15) is 5.01 Å². The summed E-state index contributed by atoms with van der Waals surface area (Å²) in [5, 5.41) is 3.67. The van der Waals surface area contributed by atoms with Gasteiger partial charge in [-0.05, 0) is 49.4 Å². The summed E-state index contributed by atoms with van der Waals surface area (Å²) >= 11 is 7.48. The highest BCUT2D eigenvalue weighted by Crippen LogP contribution is 2.36. The van der Waals surface area contributed by atoms with Gasteiger partial charge in [0.05, 0.1) is 22.9 Å². The Balaban J connectivity index is 1.53. The Hall–Kier alpha value is -2.57. The van der Waals surface area contributed by atoms with Gasteiger partial charge < -0.3 is 14.4 Å². The molecule has 138 valence electrons. The van der Waals surface area contributed by atoms with Crippen LogP contribution in [-0.4, -0.2) is 30.6 Å². The Morgan fingerprint density at radius 1 is 1.26 bits per heavy atom. The summed E-state index contributed by atoms with van der Waals surface area (Å²) in [6.07, 6.45) is 0. The summed E-state index contributed by atoms with van der Waals surface area (Å²) < 4.78 is 11.3. The average molecular weight is 401 g/mol. The highest BCUT2D eigenvalue weighted by atomic mass is 35.5. The molecule has 5 nitrogen and oxygen atoms in total. The lowest BCUT2D eigenvalue weighted by atomic mass is 10.1. The van der Waals surface area contributed by atoms with Gasteiger partial charge in [-0.1, -0.05) is 11.6 Å². The predicted molar refractivity (Wildman–Crippen MR) is 107 cm³/mol. The average Bonchev–Trinajstić information content (AvgIpc) is 3.11. The molecule has 0 unspecified atom stereocenters. The Labute approximate surface area is 166 Å². The molecule has 2 heterocycles. The van der Waals surface area contributed by atoms with Gasteiger partial charge in [0.1, 0.15) is 18.1 Å². The molecule has 0 saturated heterocycles. The molecule has 1 amide bonds. The number of nitrogens with zero attached hydrogens (tertiary/aromatic N) is 2. The second-order valence-corrected chi connectivity index (χ2v) is 7.57. The van der Waals surface area contributed by atoms with E-state index in [-0.39, 0.29) is 12.5 Å². The third-order valence-corrected chi connectivity index (χ3v) is 5.24. The van der Waals surface area contributed by atoms with E-state index in [1.165, 1.54) is 0 Å². The Morgan fingerprint density at radius 2 is 2.07 bits per heavy atom. The van der Waals surface area contributed by atoms with Crippen molar-refractivity contribution in [3.8, 4) is 22.8 Å². The normalized spacial score (nSPS) is 13.3. The van der Waals surface area contributed by atoms with E-state index in [4.69, 9.17) is 21.1 Å². The molecule has 27 heavy (non-hydrogen) atoms. The minimum atomic E-state index is -0.0891. The molecule has 0 spiro atoms. The molecule has 0 bridgehead atoms. The Morgan fingerprint density at radius 3 is 2.81 bits per heavy atom. The first-order chi connectivity index (χ1) is 13.1. The van der Waals surface area contributed by atoms with Gasteiger partial charge in [0, 0.05) is 16.0 Å². The third-order valence-electron chi connectivity index (χ3n) is 4.21. The summed E-state index contributed by atoms with van der Waals surface area (Å²) in [5.41, 5.74) is 2.60. The smallest absolute Gasteiger partial charge is 0.265 e. The topological polar surface area (TPSA) is 51.7 Å². The second kappa shape index (κ2) is 7.58. The van der Waals surface area contributed by atoms with Crippen molar-refractivity contribution in [3.05, 3.63) is 57.9 Å². The summed E-state index contributed by atoms with van der Waals surface area (Å²) in [6.45, 7) is 2.80. The fourth-order valence-corrected chi connectivity index (χ4v) is 3.64. The van der Waals surface area contributed by atoms with Crippen molar-refractivity contribution in [2.24, 2.45) is 0 Å². The lowest BCUT2D eigenvalue weighted by Gasteiger charge is -2.29. The maximum absolute atomic E-state index is 12.4. The summed E-state index contributed by atoms with van der Waals surface area (Å²) in [4.78, 5) is 18.6. The third kappa shape index (κ3) is 3.91. The van der Waals surface area contributed by atoms with Crippen molar-refractivity contribution >= 4 is 34.5 Å². The van der Waals surface area contributed by atoms with Gasteiger partial charge in [0.25, 0.3) is 5.91 Å². The van der Waals surface area contributed by atoms with Gasteiger partial charge in [-0.15, -0.1) is 11.3 Å². The number of aromatic nitrogens is 1. The molecule has 4 rings (SSSR count). The fourth-order valence-electron chi connectivity index (χ4n) is 2.89. The van der Waals surface area contributed by atoms with Crippen LogP contribution in [0.4, 0.5) is 5.69 Å².